The number of hydrogen-bond donors (Lipinski definition) is 0. The molecule has 0 saturated carbocycles. The van der Waals surface area contributed by atoms with Gasteiger partial charge in [0.25, 0.3) is 0 Å². The second-order valence-electron chi connectivity index (χ2n) is 5.97. The molecule has 0 bridgehead atoms. The minimum atomic E-state index is -0.593. The van der Waals surface area contributed by atoms with Crippen LogP contribution in [0.15, 0.2) is 53.7 Å². The second kappa shape index (κ2) is 7.13. The zero-order valence-electron chi connectivity index (χ0n) is 14.2. The molecule has 2 amide bonds. The highest BCUT2D eigenvalue weighted by Crippen LogP contribution is 2.36. The molecule has 27 heavy (non-hydrogen) atoms. The Labute approximate surface area is 164 Å². The number of carbonyl (C=O) groups is 2. The van der Waals surface area contributed by atoms with Crippen LogP contribution in [0.25, 0.3) is 5.69 Å². The first-order valence-corrected chi connectivity index (χ1v) is 9.44. The Kier molecular flexibility index (Phi) is 4.67. The van der Waals surface area contributed by atoms with E-state index in [2.05, 4.69) is 15.5 Å². The standard InChI is InChI=1S/C18H14ClN5O2S/c1-11-13(19)8-5-9-14(11)23-16(25)10-15(17(23)26)27-18-20-21-22-24(18)12-6-3-2-4-7-12/h2-9,15H,10H2,1H3/t15-/m0/s1. The predicted octanol–water partition coefficient (Wildman–Crippen LogP) is 3.05. The van der Waals surface area contributed by atoms with Crippen molar-refractivity contribution in [2.45, 2.75) is 23.8 Å². The maximum atomic E-state index is 12.9. The van der Waals surface area contributed by atoms with Gasteiger partial charge in [-0.2, -0.15) is 4.68 Å². The monoisotopic (exact) mass is 399 g/mol. The van der Waals surface area contributed by atoms with Gasteiger partial charge in [-0.05, 0) is 47.2 Å². The molecule has 1 saturated heterocycles. The molecule has 2 heterocycles. The van der Waals surface area contributed by atoms with Gasteiger partial charge in [-0.25, -0.2) is 4.90 Å². The van der Waals surface area contributed by atoms with E-state index in [1.165, 1.54) is 16.7 Å². The van der Waals surface area contributed by atoms with E-state index < -0.39 is 5.25 Å². The molecule has 2 aromatic carbocycles. The number of nitrogens with zero attached hydrogens (tertiary/aromatic N) is 5. The van der Waals surface area contributed by atoms with Crippen molar-refractivity contribution >= 4 is 40.9 Å². The Morgan fingerprint density at radius 1 is 1.11 bits per heavy atom. The predicted molar refractivity (Wildman–Crippen MR) is 102 cm³/mol. The van der Waals surface area contributed by atoms with Crippen molar-refractivity contribution in [1.29, 1.82) is 0 Å². The summed E-state index contributed by atoms with van der Waals surface area (Å²) in [5.41, 5.74) is 1.99. The van der Waals surface area contributed by atoms with E-state index in [-0.39, 0.29) is 18.2 Å². The van der Waals surface area contributed by atoms with Crippen LogP contribution in [0.3, 0.4) is 0 Å². The summed E-state index contributed by atoms with van der Waals surface area (Å²) in [6, 6.07) is 14.5. The number of hydrogen-bond acceptors (Lipinski definition) is 6. The van der Waals surface area contributed by atoms with Gasteiger partial charge in [0.15, 0.2) is 0 Å². The molecule has 136 valence electrons. The molecule has 0 aliphatic carbocycles. The van der Waals surface area contributed by atoms with E-state index in [0.29, 0.717) is 21.4 Å². The van der Waals surface area contributed by atoms with Crippen molar-refractivity contribution in [3.63, 3.8) is 0 Å². The number of carbonyl (C=O) groups excluding carboxylic acids is 2. The number of rotatable bonds is 4. The molecular weight excluding hydrogens is 386 g/mol. The number of halogens is 1. The number of para-hydroxylation sites is 1. The van der Waals surface area contributed by atoms with Crippen LogP contribution in [0, 0.1) is 6.92 Å². The van der Waals surface area contributed by atoms with Crippen LogP contribution in [-0.2, 0) is 9.59 Å². The van der Waals surface area contributed by atoms with Crippen LogP contribution in [0.5, 0.6) is 0 Å². The van der Waals surface area contributed by atoms with E-state index in [1.54, 1.807) is 29.8 Å². The van der Waals surface area contributed by atoms with Crippen LogP contribution in [0.1, 0.15) is 12.0 Å². The number of tetrazole rings is 1. The molecule has 9 heteroatoms. The van der Waals surface area contributed by atoms with Crippen molar-refractivity contribution in [1.82, 2.24) is 20.2 Å². The summed E-state index contributed by atoms with van der Waals surface area (Å²) in [4.78, 5) is 26.7. The zero-order chi connectivity index (χ0) is 19.0. The SMILES string of the molecule is Cc1c(Cl)cccc1N1C(=O)C[C@H](Sc2nnnn2-c2ccccc2)C1=O. The maximum absolute atomic E-state index is 12.9. The summed E-state index contributed by atoms with van der Waals surface area (Å²) in [7, 11) is 0. The average molecular weight is 400 g/mol. The summed E-state index contributed by atoms with van der Waals surface area (Å²) >= 11 is 7.32. The topological polar surface area (TPSA) is 81.0 Å². The zero-order valence-corrected chi connectivity index (χ0v) is 15.8. The van der Waals surface area contributed by atoms with E-state index >= 15 is 0 Å². The van der Waals surface area contributed by atoms with Crippen LogP contribution < -0.4 is 4.90 Å². The lowest BCUT2D eigenvalue weighted by Crippen LogP contribution is -2.31. The lowest BCUT2D eigenvalue weighted by molar-refractivity contribution is -0.121. The third-order valence-corrected chi connectivity index (χ3v) is 5.80. The Hall–Kier alpha value is -2.71. The highest BCUT2D eigenvalue weighted by molar-refractivity contribution is 8.00. The molecule has 1 aliphatic rings. The highest BCUT2D eigenvalue weighted by Gasteiger charge is 2.41. The van der Waals surface area contributed by atoms with Gasteiger partial charge < -0.3 is 0 Å². The van der Waals surface area contributed by atoms with Crippen molar-refractivity contribution < 1.29 is 9.59 Å². The first-order chi connectivity index (χ1) is 13.1. The van der Waals surface area contributed by atoms with Gasteiger partial charge in [0.1, 0.15) is 5.25 Å². The fourth-order valence-electron chi connectivity index (χ4n) is 2.90. The minimum Gasteiger partial charge on any atom is -0.274 e. The quantitative estimate of drug-likeness (QED) is 0.627. The smallest absolute Gasteiger partial charge is 0.247 e. The summed E-state index contributed by atoms with van der Waals surface area (Å²) in [6.45, 7) is 1.79. The van der Waals surface area contributed by atoms with E-state index in [1.807, 2.05) is 30.3 Å². The van der Waals surface area contributed by atoms with Gasteiger partial charge >= 0.3 is 0 Å². The molecule has 1 aromatic heterocycles. The fourth-order valence-corrected chi connectivity index (χ4v) is 4.08. The van der Waals surface area contributed by atoms with Crippen LogP contribution in [0.2, 0.25) is 5.02 Å². The Morgan fingerprint density at radius 2 is 1.89 bits per heavy atom. The van der Waals surface area contributed by atoms with Crippen molar-refractivity contribution in [2.75, 3.05) is 4.90 Å². The summed E-state index contributed by atoms with van der Waals surface area (Å²) in [6.07, 6.45) is 0.0805. The number of benzene rings is 2. The van der Waals surface area contributed by atoms with E-state index in [0.717, 1.165) is 5.69 Å². The van der Waals surface area contributed by atoms with Gasteiger partial charge in [0, 0.05) is 11.4 Å². The summed E-state index contributed by atoms with van der Waals surface area (Å²) in [5.74, 6) is -0.556. The number of aromatic nitrogens is 4. The van der Waals surface area contributed by atoms with Gasteiger partial charge in [0.2, 0.25) is 17.0 Å². The summed E-state index contributed by atoms with van der Waals surface area (Å²) in [5, 5.41) is 12.1. The van der Waals surface area contributed by atoms with Crippen molar-refractivity contribution in [3.8, 4) is 5.69 Å². The van der Waals surface area contributed by atoms with Crippen LogP contribution in [-0.4, -0.2) is 37.3 Å². The maximum Gasteiger partial charge on any atom is 0.247 e. The Morgan fingerprint density at radius 3 is 2.67 bits per heavy atom. The Balaban J connectivity index is 1.61. The fraction of sp³-hybridized carbons (Fsp3) is 0.167. The molecule has 0 N–H and O–H groups in total. The van der Waals surface area contributed by atoms with E-state index in [4.69, 9.17) is 11.6 Å². The average Bonchev–Trinajstić information content (AvgIpc) is 3.24. The van der Waals surface area contributed by atoms with Gasteiger partial charge in [-0.3, -0.25) is 9.59 Å². The highest BCUT2D eigenvalue weighted by atomic mass is 35.5. The third kappa shape index (κ3) is 3.22. The number of amides is 2. The first-order valence-electron chi connectivity index (χ1n) is 8.18. The molecule has 0 radical (unpaired) electrons. The summed E-state index contributed by atoms with van der Waals surface area (Å²) < 4.78 is 1.55. The van der Waals surface area contributed by atoms with Gasteiger partial charge in [-0.15, -0.1) is 5.10 Å². The Bertz CT molecular complexity index is 1020. The molecule has 4 rings (SSSR count). The molecule has 1 atom stereocenters. The second-order valence-corrected chi connectivity index (χ2v) is 7.55. The molecule has 0 unspecified atom stereocenters. The van der Waals surface area contributed by atoms with Crippen molar-refractivity contribution in [3.05, 3.63) is 59.1 Å². The lowest BCUT2D eigenvalue weighted by atomic mass is 10.2. The molecule has 1 aliphatic heterocycles. The molecule has 1 fully saturated rings. The number of imide groups is 1. The number of thioether (sulfide) groups is 1. The molecule has 0 spiro atoms. The molecule has 3 aromatic rings. The normalized spacial score (nSPS) is 17.0. The van der Waals surface area contributed by atoms with Crippen LogP contribution >= 0.6 is 23.4 Å². The lowest BCUT2D eigenvalue weighted by Gasteiger charge is -2.17. The third-order valence-electron chi connectivity index (χ3n) is 4.27. The van der Waals surface area contributed by atoms with E-state index in [9.17, 15) is 9.59 Å². The molecule has 7 nitrogen and oxygen atoms in total. The minimum absolute atomic E-state index is 0.0805. The largest absolute Gasteiger partial charge is 0.274 e. The number of anilines is 1. The van der Waals surface area contributed by atoms with Gasteiger partial charge in [0.05, 0.1) is 11.4 Å². The van der Waals surface area contributed by atoms with Crippen molar-refractivity contribution in [2.24, 2.45) is 0 Å². The first kappa shape index (κ1) is 17.7. The van der Waals surface area contributed by atoms with Crippen LogP contribution in [0.4, 0.5) is 5.69 Å². The molecular formula is C18H14ClN5O2S. The van der Waals surface area contributed by atoms with Gasteiger partial charge in [-0.1, -0.05) is 47.6 Å².